The lowest BCUT2D eigenvalue weighted by Crippen LogP contribution is -2.26. The number of rotatable bonds is 4. The number of carbonyl (C=O) groups is 1. The van der Waals surface area contributed by atoms with Crippen molar-refractivity contribution in [2.45, 2.75) is 4.83 Å². The zero-order valence-electron chi connectivity index (χ0n) is 10.5. The molecule has 1 atom stereocenters. The van der Waals surface area contributed by atoms with Crippen LogP contribution in [-0.4, -0.2) is 17.6 Å². The highest BCUT2D eigenvalue weighted by Gasteiger charge is 2.14. The van der Waals surface area contributed by atoms with E-state index in [1.807, 2.05) is 30.3 Å². The van der Waals surface area contributed by atoms with Gasteiger partial charge in [-0.1, -0.05) is 57.9 Å². The Morgan fingerprint density at radius 1 is 1.25 bits per heavy atom. The SMILES string of the molecule is O=C(NCC(Br)c1ccccc1)c1cc(Cl)ccc1O. The summed E-state index contributed by atoms with van der Waals surface area (Å²) in [5.41, 5.74) is 1.24. The van der Waals surface area contributed by atoms with Gasteiger partial charge in [0.25, 0.3) is 5.91 Å². The maximum atomic E-state index is 12.0. The molecule has 2 rings (SSSR count). The van der Waals surface area contributed by atoms with E-state index in [-0.39, 0.29) is 22.0 Å². The maximum Gasteiger partial charge on any atom is 0.255 e. The standard InChI is InChI=1S/C15H13BrClNO2/c16-13(10-4-2-1-3-5-10)9-18-15(20)12-8-11(17)6-7-14(12)19/h1-8,13,19H,9H2,(H,18,20). The summed E-state index contributed by atoms with van der Waals surface area (Å²) in [4.78, 5) is 12.0. The zero-order valence-corrected chi connectivity index (χ0v) is 12.9. The number of amides is 1. The van der Waals surface area contributed by atoms with Gasteiger partial charge in [-0.3, -0.25) is 4.79 Å². The molecule has 5 heteroatoms. The molecule has 0 aliphatic rings. The molecule has 2 N–H and O–H groups in total. The summed E-state index contributed by atoms with van der Waals surface area (Å²) in [5.74, 6) is -0.442. The number of aromatic hydroxyl groups is 1. The molecule has 0 spiro atoms. The van der Waals surface area contributed by atoms with Crippen LogP contribution in [0.5, 0.6) is 5.75 Å². The van der Waals surface area contributed by atoms with E-state index in [2.05, 4.69) is 21.2 Å². The number of nitrogens with one attached hydrogen (secondary N) is 1. The summed E-state index contributed by atoms with van der Waals surface area (Å²) in [6, 6.07) is 14.1. The highest BCUT2D eigenvalue weighted by Crippen LogP contribution is 2.23. The zero-order chi connectivity index (χ0) is 14.5. The fourth-order valence-electron chi connectivity index (χ4n) is 1.75. The topological polar surface area (TPSA) is 49.3 Å². The lowest BCUT2D eigenvalue weighted by Gasteiger charge is -2.12. The minimum atomic E-state index is -0.356. The first kappa shape index (κ1) is 14.9. The van der Waals surface area contributed by atoms with Gasteiger partial charge >= 0.3 is 0 Å². The fraction of sp³-hybridized carbons (Fsp3) is 0.133. The molecule has 0 aromatic heterocycles. The molecule has 2 aromatic carbocycles. The van der Waals surface area contributed by atoms with Gasteiger partial charge in [-0.25, -0.2) is 0 Å². The number of phenols is 1. The summed E-state index contributed by atoms with van der Waals surface area (Å²) in [6.45, 7) is 0.412. The lowest BCUT2D eigenvalue weighted by atomic mass is 10.1. The van der Waals surface area contributed by atoms with E-state index >= 15 is 0 Å². The van der Waals surface area contributed by atoms with Crippen molar-refractivity contribution in [2.24, 2.45) is 0 Å². The Labute approximate surface area is 130 Å². The van der Waals surface area contributed by atoms with Gasteiger partial charge in [0, 0.05) is 11.6 Å². The first-order valence-corrected chi connectivity index (χ1v) is 7.33. The third-order valence-electron chi connectivity index (χ3n) is 2.81. The largest absolute Gasteiger partial charge is 0.507 e. The molecule has 0 radical (unpaired) electrons. The van der Waals surface area contributed by atoms with E-state index in [1.165, 1.54) is 18.2 Å². The molecular weight excluding hydrogens is 342 g/mol. The molecule has 1 amide bonds. The van der Waals surface area contributed by atoms with Crippen molar-refractivity contribution in [3.8, 4) is 5.75 Å². The number of halogens is 2. The van der Waals surface area contributed by atoms with Crippen LogP contribution in [0.3, 0.4) is 0 Å². The van der Waals surface area contributed by atoms with Crippen LogP contribution < -0.4 is 5.32 Å². The molecule has 104 valence electrons. The predicted molar refractivity (Wildman–Crippen MR) is 83.6 cm³/mol. The van der Waals surface area contributed by atoms with Crippen LogP contribution in [0.25, 0.3) is 0 Å². The Kier molecular flexibility index (Phi) is 5.04. The summed E-state index contributed by atoms with van der Waals surface area (Å²) in [5, 5.41) is 12.8. The Bertz CT molecular complexity index is 604. The summed E-state index contributed by atoms with van der Waals surface area (Å²) in [6.07, 6.45) is 0. The molecule has 0 fully saturated rings. The van der Waals surface area contributed by atoms with Crippen molar-refractivity contribution in [2.75, 3.05) is 6.54 Å². The average molecular weight is 355 g/mol. The quantitative estimate of drug-likeness (QED) is 0.818. The Hall–Kier alpha value is -1.52. The molecule has 1 unspecified atom stereocenters. The van der Waals surface area contributed by atoms with Crippen LogP contribution in [-0.2, 0) is 0 Å². The second-order valence-electron chi connectivity index (χ2n) is 4.25. The highest BCUT2D eigenvalue weighted by atomic mass is 79.9. The van der Waals surface area contributed by atoms with Gasteiger partial charge in [0.2, 0.25) is 0 Å². The van der Waals surface area contributed by atoms with E-state index in [1.54, 1.807) is 0 Å². The van der Waals surface area contributed by atoms with Gasteiger partial charge in [-0.2, -0.15) is 0 Å². The molecule has 2 aromatic rings. The summed E-state index contributed by atoms with van der Waals surface area (Å²) in [7, 11) is 0. The van der Waals surface area contributed by atoms with E-state index in [4.69, 9.17) is 11.6 Å². The summed E-state index contributed by atoms with van der Waals surface area (Å²) < 4.78 is 0. The van der Waals surface area contributed by atoms with E-state index in [0.717, 1.165) is 5.56 Å². The van der Waals surface area contributed by atoms with Crippen molar-refractivity contribution in [3.63, 3.8) is 0 Å². The van der Waals surface area contributed by atoms with Crippen molar-refractivity contribution in [1.29, 1.82) is 0 Å². The number of benzene rings is 2. The third-order valence-corrected chi connectivity index (χ3v) is 3.89. The third kappa shape index (κ3) is 3.74. The fourth-order valence-corrected chi connectivity index (χ4v) is 2.39. The van der Waals surface area contributed by atoms with E-state index < -0.39 is 0 Å². The second-order valence-corrected chi connectivity index (χ2v) is 5.79. The molecule has 0 heterocycles. The van der Waals surface area contributed by atoms with Gasteiger partial charge in [0.05, 0.1) is 10.4 Å². The van der Waals surface area contributed by atoms with Crippen molar-refractivity contribution < 1.29 is 9.90 Å². The molecule has 0 saturated carbocycles. The first-order chi connectivity index (χ1) is 9.58. The van der Waals surface area contributed by atoms with Crippen LogP contribution in [0, 0.1) is 0 Å². The predicted octanol–water partition coefficient (Wildman–Crippen LogP) is 3.91. The van der Waals surface area contributed by atoms with Crippen LogP contribution in [0.15, 0.2) is 48.5 Å². The van der Waals surface area contributed by atoms with Gasteiger partial charge in [0.15, 0.2) is 0 Å². The van der Waals surface area contributed by atoms with Crippen LogP contribution in [0.1, 0.15) is 20.7 Å². The van der Waals surface area contributed by atoms with Gasteiger partial charge in [-0.05, 0) is 23.8 Å². The first-order valence-electron chi connectivity index (χ1n) is 6.03. The van der Waals surface area contributed by atoms with Crippen molar-refractivity contribution in [3.05, 3.63) is 64.7 Å². The number of alkyl halides is 1. The number of hydrogen-bond acceptors (Lipinski definition) is 2. The Morgan fingerprint density at radius 2 is 1.95 bits per heavy atom. The van der Waals surface area contributed by atoms with Gasteiger partial charge in [-0.15, -0.1) is 0 Å². The number of carbonyl (C=O) groups excluding carboxylic acids is 1. The molecule has 0 aliphatic heterocycles. The molecule has 0 bridgehead atoms. The summed E-state index contributed by atoms with van der Waals surface area (Å²) >= 11 is 9.34. The highest BCUT2D eigenvalue weighted by molar-refractivity contribution is 9.09. The second kappa shape index (κ2) is 6.77. The van der Waals surface area contributed by atoms with E-state index in [9.17, 15) is 9.90 Å². The minimum Gasteiger partial charge on any atom is -0.507 e. The number of hydrogen-bond donors (Lipinski definition) is 2. The van der Waals surface area contributed by atoms with Gasteiger partial charge < -0.3 is 10.4 Å². The molecular formula is C15H13BrClNO2. The van der Waals surface area contributed by atoms with Crippen molar-refractivity contribution in [1.82, 2.24) is 5.32 Å². The van der Waals surface area contributed by atoms with E-state index in [0.29, 0.717) is 11.6 Å². The minimum absolute atomic E-state index is 0.00831. The molecule has 20 heavy (non-hydrogen) atoms. The number of phenolic OH excluding ortho intramolecular Hbond substituents is 1. The van der Waals surface area contributed by atoms with Crippen molar-refractivity contribution >= 4 is 33.4 Å². The van der Waals surface area contributed by atoms with Gasteiger partial charge in [0.1, 0.15) is 5.75 Å². The van der Waals surface area contributed by atoms with Crippen LogP contribution >= 0.6 is 27.5 Å². The lowest BCUT2D eigenvalue weighted by molar-refractivity contribution is 0.0951. The Morgan fingerprint density at radius 3 is 2.65 bits per heavy atom. The average Bonchev–Trinajstić information content (AvgIpc) is 2.47. The smallest absolute Gasteiger partial charge is 0.255 e. The monoisotopic (exact) mass is 353 g/mol. The molecule has 0 aliphatic carbocycles. The molecule has 0 saturated heterocycles. The maximum absolute atomic E-state index is 12.0. The van der Waals surface area contributed by atoms with Crippen LogP contribution in [0.2, 0.25) is 5.02 Å². The van der Waals surface area contributed by atoms with Crippen LogP contribution in [0.4, 0.5) is 0 Å². The normalized spacial score (nSPS) is 11.9. The Balaban J connectivity index is 2.00. The molecule has 3 nitrogen and oxygen atoms in total.